The summed E-state index contributed by atoms with van der Waals surface area (Å²) in [5.41, 5.74) is -0.302. The van der Waals surface area contributed by atoms with Gasteiger partial charge in [-0.05, 0) is 50.9 Å². The van der Waals surface area contributed by atoms with Gasteiger partial charge in [-0.25, -0.2) is 9.78 Å². The van der Waals surface area contributed by atoms with Crippen molar-refractivity contribution >= 4 is 23.4 Å². The summed E-state index contributed by atoms with van der Waals surface area (Å²) in [6.45, 7) is 8.44. The maximum Gasteiger partial charge on any atom is 0.329 e. The highest BCUT2D eigenvalue weighted by molar-refractivity contribution is 8.03. The van der Waals surface area contributed by atoms with Gasteiger partial charge < -0.3 is 10.1 Å². The van der Waals surface area contributed by atoms with Crippen molar-refractivity contribution < 1.29 is 11.0 Å². The number of ether oxygens (including phenoxy) is 1. The number of aryl methyl sites for hydroxylation is 1. The average molecular weight is 394 g/mol. The van der Waals surface area contributed by atoms with E-state index in [4.69, 9.17) is 4.74 Å². The van der Waals surface area contributed by atoms with E-state index in [1.807, 2.05) is 32.5 Å². The van der Waals surface area contributed by atoms with Crippen LogP contribution >= 0.6 is 11.8 Å². The molecule has 1 unspecified atom stereocenters. The molecule has 150 valence electrons. The normalized spacial score (nSPS) is 21.7. The topological polar surface area (TPSA) is 73.2 Å². The van der Waals surface area contributed by atoms with Gasteiger partial charge in [-0.15, -0.1) is 11.8 Å². The lowest BCUT2D eigenvalue weighted by atomic mass is 10.1. The number of allylic oxidation sites excluding steroid dienone is 2. The zero-order valence-electron chi connectivity index (χ0n) is 16.6. The molecule has 3 heterocycles. The third kappa shape index (κ3) is 4.94. The lowest BCUT2D eigenvalue weighted by Crippen LogP contribution is -2.34. The number of fused-ring (bicyclic) bond motifs is 1. The van der Waals surface area contributed by atoms with Gasteiger partial charge in [0, 0.05) is 20.1 Å². The van der Waals surface area contributed by atoms with Crippen LogP contribution in [0, 0.1) is 5.92 Å². The van der Waals surface area contributed by atoms with Crippen molar-refractivity contribution in [3.63, 3.8) is 0 Å². The number of esters is 1. The number of hydrogen-bond donors (Lipinski definition) is 1. The SMILES string of the molecule is CC1C=C(CCCNc2cnc3n(c2=O)[C@H](C(=O)OC(C)(C)C)CC3)SC1.[HH]. The summed E-state index contributed by atoms with van der Waals surface area (Å²) in [7, 11) is 0. The third-order valence-corrected chi connectivity index (χ3v) is 6.02. The van der Waals surface area contributed by atoms with Crippen molar-refractivity contribution in [3.8, 4) is 0 Å². The second kappa shape index (κ2) is 8.09. The van der Waals surface area contributed by atoms with Crippen molar-refractivity contribution in [2.45, 2.75) is 65.0 Å². The molecule has 1 aromatic heterocycles. The van der Waals surface area contributed by atoms with E-state index >= 15 is 0 Å². The van der Waals surface area contributed by atoms with Crippen LogP contribution in [0.3, 0.4) is 0 Å². The van der Waals surface area contributed by atoms with Crippen LogP contribution in [-0.4, -0.2) is 33.4 Å². The fourth-order valence-electron chi connectivity index (χ4n) is 3.41. The van der Waals surface area contributed by atoms with Crippen LogP contribution < -0.4 is 10.9 Å². The first kappa shape index (κ1) is 20.0. The highest BCUT2D eigenvalue weighted by atomic mass is 32.2. The molecule has 0 bridgehead atoms. The van der Waals surface area contributed by atoms with Crippen LogP contribution in [0.2, 0.25) is 0 Å². The van der Waals surface area contributed by atoms with E-state index in [2.05, 4.69) is 23.3 Å². The highest BCUT2D eigenvalue weighted by Gasteiger charge is 2.34. The molecule has 0 amide bonds. The summed E-state index contributed by atoms with van der Waals surface area (Å²) >= 11 is 1.93. The molecule has 1 aromatic rings. The van der Waals surface area contributed by atoms with Crippen molar-refractivity contribution in [1.82, 2.24) is 9.55 Å². The van der Waals surface area contributed by atoms with Crippen LogP contribution in [0.5, 0.6) is 0 Å². The van der Waals surface area contributed by atoms with Gasteiger partial charge in [0.05, 0.1) is 6.20 Å². The molecule has 2 aliphatic rings. The maximum atomic E-state index is 12.9. The second-order valence-corrected chi connectivity index (χ2v) is 9.45. The highest BCUT2D eigenvalue weighted by Crippen LogP contribution is 2.32. The van der Waals surface area contributed by atoms with E-state index in [0.29, 0.717) is 36.8 Å². The van der Waals surface area contributed by atoms with Crippen molar-refractivity contribution in [1.29, 1.82) is 0 Å². The lowest BCUT2D eigenvalue weighted by molar-refractivity contribution is -0.158. The summed E-state index contributed by atoms with van der Waals surface area (Å²) in [4.78, 5) is 31.2. The smallest absolute Gasteiger partial charge is 0.329 e. The van der Waals surface area contributed by atoms with Crippen molar-refractivity contribution in [2.75, 3.05) is 17.6 Å². The lowest BCUT2D eigenvalue weighted by Gasteiger charge is -2.23. The number of nitrogens with one attached hydrogen (secondary N) is 1. The predicted molar refractivity (Wildman–Crippen MR) is 111 cm³/mol. The van der Waals surface area contributed by atoms with Crippen molar-refractivity contribution in [3.05, 3.63) is 33.4 Å². The molecule has 0 fully saturated rings. The van der Waals surface area contributed by atoms with E-state index in [-0.39, 0.29) is 13.0 Å². The number of carbonyl (C=O) groups is 1. The molecular formula is C20H31N3O3S. The van der Waals surface area contributed by atoms with Gasteiger partial charge in [0.25, 0.3) is 5.56 Å². The minimum atomic E-state index is -0.581. The Morgan fingerprint density at radius 1 is 1.48 bits per heavy atom. The van der Waals surface area contributed by atoms with E-state index in [0.717, 1.165) is 12.8 Å². The molecule has 7 heteroatoms. The molecular weight excluding hydrogens is 362 g/mol. The molecule has 27 heavy (non-hydrogen) atoms. The number of carbonyl (C=O) groups excluding carboxylic acids is 1. The fourth-order valence-corrected chi connectivity index (χ4v) is 4.60. The molecule has 0 saturated carbocycles. The first-order chi connectivity index (χ1) is 12.7. The van der Waals surface area contributed by atoms with Crippen LogP contribution in [0.25, 0.3) is 0 Å². The second-order valence-electron chi connectivity index (χ2n) is 8.30. The van der Waals surface area contributed by atoms with Crippen LogP contribution in [0.4, 0.5) is 5.69 Å². The molecule has 3 rings (SSSR count). The largest absolute Gasteiger partial charge is 0.458 e. The number of nitrogens with zero attached hydrogens (tertiary/aromatic N) is 2. The Labute approximate surface area is 166 Å². The number of rotatable bonds is 6. The van der Waals surface area contributed by atoms with Gasteiger partial charge in [-0.1, -0.05) is 13.0 Å². The molecule has 2 atom stereocenters. The molecule has 2 aliphatic heterocycles. The number of thioether (sulfide) groups is 1. The standard InChI is InChI=1S/C20H29N3O3S.H2/c1-13-10-14(27-12-13)6-5-9-21-15-11-22-17-8-7-16(23(17)18(15)24)19(25)26-20(2,3)4;/h10-11,13,16,21H,5-9,12H2,1-4H3;1H/t13?,16-;/m0./s1. The minimum Gasteiger partial charge on any atom is -0.458 e. The first-order valence-electron chi connectivity index (χ1n) is 9.65. The average Bonchev–Trinajstić information content (AvgIpc) is 3.18. The molecule has 0 aliphatic carbocycles. The Morgan fingerprint density at radius 2 is 2.26 bits per heavy atom. The Balaban J connectivity index is 0.00000280. The van der Waals surface area contributed by atoms with Gasteiger partial charge in [0.15, 0.2) is 0 Å². The molecule has 6 nitrogen and oxygen atoms in total. The van der Waals surface area contributed by atoms with E-state index in [9.17, 15) is 9.59 Å². The molecule has 0 radical (unpaired) electrons. The van der Waals surface area contributed by atoms with Crippen LogP contribution in [-0.2, 0) is 16.0 Å². The summed E-state index contributed by atoms with van der Waals surface area (Å²) in [5.74, 6) is 2.13. The number of aromatic nitrogens is 2. The molecule has 1 N–H and O–H groups in total. The Kier molecular flexibility index (Phi) is 5.99. The zero-order valence-corrected chi connectivity index (χ0v) is 17.4. The summed E-state index contributed by atoms with van der Waals surface area (Å²) in [6, 6.07) is -0.581. The van der Waals surface area contributed by atoms with E-state index in [1.165, 1.54) is 15.2 Å². The van der Waals surface area contributed by atoms with E-state index < -0.39 is 11.6 Å². The fraction of sp³-hybridized carbons (Fsp3) is 0.650. The van der Waals surface area contributed by atoms with Gasteiger partial charge in [0.2, 0.25) is 0 Å². The number of anilines is 1. The van der Waals surface area contributed by atoms with Gasteiger partial charge in [-0.3, -0.25) is 9.36 Å². The van der Waals surface area contributed by atoms with Gasteiger partial charge >= 0.3 is 5.97 Å². The first-order valence-corrected chi connectivity index (χ1v) is 10.6. The molecule has 0 saturated heterocycles. The number of hydrogen-bond acceptors (Lipinski definition) is 6. The Morgan fingerprint density at radius 3 is 2.93 bits per heavy atom. The van der Waals surface area contributed by atoms with Crippen LogP contribution in [0.15, 0.2) is 22.0 Å². The van der Waals surface area contributed by atoms with Crippen molar-refractivity contribution in [2.24, 2.45) is 5.92 Å². The summed E-state index contributed by atoms with van der Waals surface area (Å²) in [5, 5.41) is 3.20. The zero-order chi connectivity index (χ0) is 19.6. The monoisotopic (exact) mass is 393 g/mol. The predicted octanol–water partition coefficient (Wildman–Crippen LogP) is 3.78. The maximum absolute atomic E-state index is 12.9. The summed E-state index contributed by atoms with van der Waals surface area (Å²) < 4.78 is 6.99. The third-order valence-electron chi connectivity index (χ3n) is 4.62. The minimum absolute atomic E-state index is 0. The van der Waals surface area contributed by atoms with Gasteiger partial charge in [-0.2, -0.15) is 0 Å². The quantitative estimate of drug-likeness (QED) is 0.586. The molecule has 0 spiro atoms. The Hall–Kier alpha value is -1.76. The van der Waals surface area contributed by atoms with Crippen LogP contribution in [0.1, 0.15) is 60.3 Å². The Bertz CT molecular complexity index is 801. The van der Waals surface area contributed by atoms with E-state index in [1.54, 1.807) is 6.20 Å². The van der Waals surface area contributed by atoms with Gasteiger partial charge in [0.1, 0.15) is 23.2 Å². The summed E-state index contributed by atoms with van der Waals surface area (Å²) in [6.07, 6.45) is 7.09. The molecule has 0 aromatic carbocycles.